The van der Waals surface area contributed by atoms with Crippen LogP contribution in [0, 0.1) is 0 Å². The summed E-state index contributed by atoms with van der Waals surface area (Å²) in [5.74, 6) is 0. The van der Waals surface area contributed by atoms with Gasteiger partial charge in [-0.25, -0.2) is 0 Å². The van der Waals surface area contributed by atoms with Crippen molar-refractivity contribution in [3.05, 3.63) is 0 Å². The van der Waals surface area contributed by atoms with Gasteiger partial charge in [-0.2, -0.15) is 0 Å². The third-order valence-corrected chi connectivity index (χ3v) is 3.96. The first-order valence-corrected chi connectivity index (χ1v) is 9.18. The third-order valence-electron chi connectivity index (χ3n) is 3.96. The van der Waals surface area contributed by atoms with E-state index in [9.17, 15) is 0 Å². The van der Waals surface area contributed by atoms with Gasteiger partial charge in [0.05, 0.1) is 0 Å². The summed E-state index contributed by atoms with van der Waals surface area (Å²) in [4.78, 5) is 0. The normalized spacial score (nSPS) is 11.4. The summed E-state index contributed by atoms with van der Waals surface area (Å²) in [7, 11) is 4.12. The van der Waals surface area contributed by atoms with Gasteiger partial charge in [-0.15, -0.1) is 0 Å². The SMILES string of the molecule is CCCCCCCCCCCCCCCCNN(C)C. The number of rotatable bonds is 16. The number of hydrazine groups is 1. The molecule has 0 spiro atoms. The fourth-order valence-corrected chi connectivity index (χ4v) is 2.62. The van der Waals surface area contributed by atoms with Crippen LogP contribution < -0.4 is 5.43 Å². The van der Waals surface area contributed by atoms with Crippen molar-refractivity contribution in [3.8, 4) is 0 Å². The second-order valence-electron chi connectivity index (χ2n) is 6.40. The Bertz CT molecular complexity index is 169. The lowest BCUT2D eigenvalue weighted by molar-refractivity contribution is 0.286. The predicted molar refractivity (Wildman–Crippen MR) is 92.0 cm³/mol. The van der Waals surface area contributed by atoms with Gasteiger partial charge < -0.3 is 0 Å². The minimum atomic E-state index is 1.13. The fraction of sp³-hybridized carbons (Fsp3) is 1.00. The van der Waals surface area contributed by atoms with Crippen molar-refractivity contribution in [3.63, 3.8) is 0 Å². The number of nitrogens with one attached hydrogen (secondary N) is 1. The molecule has 0 saturated heterocycles. The van der Waals surface area contributed by atoms with Crippen molar-refractivity contribution in [2.45, 2.75) is 96.8 Å². The van der Waals surface area contributed by atoms with Gasteiger partial charge in [-0.1, -0.05) is 90.4 Å². The van der Waals surface area contributed by atoms with E-state index < -0.39 is 0 Å². The third kappa shape index (κ3) is 17.9. The summed E-state index contributed by atoms with van der Waals surface area (Å²) in [5.41, 5.74) is 3.32. The topological polar surface area (TPSA) is 15.3 Å². The highest BCUT2D eigenvalue weighted by atomic mass is 15.5. The van der Waals surface area contributed by atoms with Gasteiger partial charge in [-0.05, 0) is 6.42 Å². The molecular formula is C18H40N2. The van der Waals surface area contributed by atoms with Crippen LogP contribution in [0.5, 0.6) is 0 Å². The number of hydrogen-bond donors (Lipinski definition) is 1. The van der Waals surface area contributed by atoms with Crippen LogP contribution in [0.1, 0.15) is 96.8 Å². The van der Waals surface area contributed by atoms with Gasteiger partial charge in [0.15, 0.2) is 0 Å². The second-order valence-corrected chi connectivity index (χ2v) is 6.40. The van der Waals surface area contributed by atoms with Gasteiger partial charge in [0.2, 0.25) is 0 Å². The van der Waals surface area contributed by atoms with Crippen LogP contribution in [0.4, 0.5) is 0 Å². The standard InChI is InChI=1S/C18H40N2/c1-4-5-6-7-8-9-10-11-12-13-14-15-16-17-18-19-20(2)3/h19H,4-18H2,1-3H3. The highest BCUT2D eigenvalue weighted by molar-refractivity contribution is 4.50. The summed E-state index contributed by atoms with van der Waals surface area (Å²) in [6, 6.07) is 0. The Kier molecular flexibility index (Phi) is 16.9. The summed E-state index contributed by atoms with van der Waals surface area (Å²) >= 11 is 0. The zero-order valence-electron chi connectivity index (χ0n) is 14.6. The highest BCUT2D eigenvalue weighted by Crippen LogP contribution is 2.12. The predicted octanol–water partition coefficient (Wildman–Crippen LogP) is 5.53. The van der Waals surface area contributed by atoms with Gasteiger partial charge in [-0.3, -0.25) is 10.4 Å². The second kappa shape index (κ2) is 17.0. The maximum atomic E-state index is 3.32. The van der Waals surface area contributed by atoms with Gasteiger partial charge >= 0.3 is 0 Å². The molecule has 0 atom stereocenters. The Morgan fingerprint density at radius 2 is 0.900 bits per heavy atom. The molecule has 0 aromatic rings. The van der Waals surface area contributed by atoms with E-state index in [4.69, 9.17) is 0 Å². The Labute approximate surface area is 128 Å². The zero-order valence-corrected chi connectivity index (χ0v) is 14.6. The van der Waals surface area contributed by atoms with E-state index in [-0.39, 0.29) is 0 Å². The fourth-order valence-electron chi connectivity index (χ4n) is 2.62. The molecule has 0 rings (SSSR count). The molecule has 20 heavy (non-hydrogen) atoms. The van der Waals surface area contributed by atoms with Crippen molar-refractivity contribution in [2.24, 2.45) is 0 Å². The van der Waals surface area contributed by atoms with Crippen molar-refractivity contribution in [1.82, 2.24) is 10.4 Å². The molecule has 2 heteroatoms. The van der Waals surface area contributed by atoms with Crippen LogP contribution in [-0.2, 0) is 0 Å². The van der Waals surface area contributed by atoms with Crippen LogP contribution >= 0.6 is 0 Å². The average molecular weight is 285 g/mol. The molecule has 0 radical (unpaired) electrons. The first-order valence-electron chi connectivity index (χ1n) is 9.18. The van der Waals surface area contributed by atoms with Gasteiger partial charge in [0.1, 0.15) is 0 Å². The molecule has 0 amide bonds. The van der Waals surface area contributed by atoms with Crippen LogP contribution in [-0.4, -0.2) is 25.6 Å². The Balaban J connectivity index is 2.92. The van der Waals surface area contributed by atoms with E-state index >= 15 is 0 Å². The minimum absolute atomic E-state index is 1.13. The molecule has 0 aromatic heterocycles. The largest absolute Gasteiger partial charge is 0.256 e. The van der Waals surface area contributed by atoms with Crippen molar-refractivity contribution >= 4 is 0 Å². The van der Waals surface area contributed by atoms with E-state index in [0.717, 1.165) is 6.54 Å². The van der Waals surface area contributed by atoms with Gasteiger partial charge in [0.25, 0.3) is 0 Å². The lowest BCUT2D eigenvalue weighted by Crippen LogP contribution is -2.30. The Hall–Kier alpha value is -0.0800. The molecule has 0 aliphatic heterocycles. The maximum absolute atomic E-state index is 3.32. The van der Waals surface area contributed by atoms with Crippen LogP contribution in [0.15, 0.2) is 0 Å². The number of unbranched alkanes of at least 4 members (excludes halogenated alkanes) is 13. The smallest absolute Gasteiger partial charge is 0.0102 e. The lowest BCUT2D eigenvalue weighted by Gasteiger charge is -2.11. The summed E-state index contributed by atoms with van der Waals surface area (Å²) in [6.45, 7) is 3.42. The van der Waals surface area contributed by atoms with Crippen molar-refractivity contribution < 1.29 is 0 Å². The molecular weight excluding hydrogens is 244 g/mol. The van der Waals surface area contributed by atoms with Crippen LogP contribution in [0.3, 0.4) is 0 Å². The molecule has 0 saturated carbocycles. The summed E-state index contributed by atoms with van der Waals surface area (Å²) in [5, 5.41) is 2.04. The zero-order chi connectivity index (χ0) is 14.9. The molecule has 0 aliphatic carbocycles. The van der Waals surface area contributed by atoms with E-state index in [1.807, 2.05) is 5.01 Å². The maximum Gasteiger partial charge on any atom is 0.0102 e. The highest BCUT2D eigenvalue weighted by Gasteiger charge is 1.94. The first-order chi connectivity index (χ1) is 9.77. The van der Waals surface area contributed by atoms with E-state index in [1.165, 1.54) is 89.9 Å². The van der Waals surface area contributed by atoms with E-state index in [1.54, 1.807) is 0 Å². The molecule has 0 bridgehead atoms. The van der Waals surface area contributed by atoms with E-state index in [2.05, 4.69) is 26.4 Å². The molecule has 0 unspecified atom stereocenters. The number of nitrogens with zero attached hydrogens (tertiary/aromatic N) is 1. The molecule has 2 nitrogen and oxygen atoms in total. The lowest BCUT2D eigenvalue weighted by atomic mass is 10.0. The molecule has 0 fully saturated rings. The molecule has 0 aromatic carbocycles. The molecule has 0 aliphatic rings. The van der Waals surface area contributed by atoms with Crippen molar-refractivity contribution in [2.75, 3.05) is 20.6 Å². The molecule has 0 heterocycles. The van der Waals surface area contributed by atoms with E-state index in [0.29, 0.717) is 0 Å². The Morgan fingerprint density at radius 1 is 0.550 bits per heavy atom. The quantitative estimate of drug-likeness (QED) is 0.296. The average Bonchev–Trinajstić information content (AvgIpc) is 2.43. The summed E-state index contributed by atoms with van der Waals surface area (Å²) < 4.78 is 0. The monoisotopic (exact) mass is 284 g/mol. The molecule has 122 valence electrons. The van der Waals surface area contributed by atoms with Crippen LogP contribution in [0.2, 0.25) is 0 Å². The number of hydrogen-bond acceptors (Lipinski definition) is 2. The molecule has 1 N–H and O–H groups in total. The van der Waals surface area contributed by atoms with Gasteiger partial charge in [0, 0.05) is 20.6 Å². The summed E-state index contributed by atoms with van der Waals surface area (Å²) in [6.07, 6.45) is 20.1. The van der Waals surface area contributed by atoms with Crippen molar-refractivity contribution in [1.29, 1.82) is 0 Å². The van der Waals surface area contributed by atoms with Crippen LogP contribution in [0.25, 0.3) is 0 Å². The minimum Gasteiger partial charge on any atom is -0.256 e. The first kappa shape index (κ1) is 19.9. The Morgan fingerprint density at radius 3 is 1.25 bits per heavy atom.